The number of hydrogen-bond donors (Lipinski definition) is 1. The minimum Gasteiger partial charge on any atom is -0.497 e. The van der Waals surface area contributed by atoms with Gasteiger partial charge >= 0.3 is 0 Å². The number of ether oxygens (including phenoxy) is 3. The van der Waals surface area contributed by atoms with Crippen molar-refractivity contribution in [3.05, 3.63) is 59.7 Å². The standard InChI is InChI=1S/C21H26N2O4/c1-25-18-12-17(13-19(14-18)26-2)21(24)22-8-9-23-10-11-27-20(15-23)16-6-4-3-5-7-16/h3-7,12-14,20H,8-11,15H2,1-2H3,(H,22,24)/t20-/m0/s1. The molecule has 1 N–H and O–H groups in total. The minimum atomic E-state index is -0.139. The zero-order valence-electron chi connectivity index (χ0n) is 15.8. The largest absolute Gasteiger partial charge is 0.497 e. The maximum atomic E-state index is 12.4. The normalized spacial score (nSPS) is 17.3. The zero-order valence-corrected chi connectivity index (χ0v) is 15.8. The first kappa shape index (κ1) is 19.2. The molecule has 1 aliphatic rings. The van der Waals surface area contributed by atoms with Gasteiger partial charge < -0.3 is 19.5 Å². The van der Waals surface area contributed by atoms with Crippen LogP contribution in [0, 0.1) is 0 Å². The lowest BCUT2D eigenvalue weighted by atomic mass is 10.1. The number of nitrogens with zero attached hydrogens (tertiary/aromatic N) is 1. The van der Waals surface area contributed by atoms with E-state index in [0.29, 0.717) is 30.2 Å². The molecule has 0 saturated carbocycles. The molecule has 3 rings (SSSR count). The number of hydrogen-bond acceptors (Lipinski definition) is 5. The summed E-state index contributed by atoms with van der Waals surface area (Å²) in [6.07, 6.45) is 0.0818. The van der Waals surface area contributed by atoms with Gasteiger partial charge in [0.15, 0.2) is 0 Å². The first-order chi connectivity index (χ1) is 13.2. The maximum Gasteiger partial charge on any atom is 0.251 e. The number of morpholine rings is 1. The van der Waals surface area contributed by atoms with Gasteiger partial charge in [0.05, 0.1) is 26.9 Å². The summed E-state index contributed by atoms with van der Waals surface area (Å²) in [5.74, 6) is 1.05. The van der Waals surface area contributed by atoms with Crippen LogP contribution in [0.5, 0.6) is 11.5 Å². The third-order valence-corrected chi connectivity index (χ3v) is 4.65. The van der Waals surface area contributed by atoms with E-state index in [1.165, 1.54) is 5.56 Å². The molecular weight excluding hydrogens is 344 g/mol. The Hall–Kier alpha value is -2.57. The van der Waals surface area contributed by atoms with Gasteiger partial charge in [0, 0.05) is 37.8 Å². The van der Waals surface area contributed by atoms with Gasteiger partial charge in [-0.25, -0.2) is 0 Å². The number of nitrogens with one attached hydrogen (secondary N) is 1. The highest BCUT2D eigenvalue weighted by Gasteiger charge is 2.21. The van der Waals surface area contributed by atoms with Crippen LogP contribution in [0.1, 0.15) is 22.0 Å². The van der Waals surface area contributed by atoms with Crippen LogP contribution >= 0.6 is 0 Å². The average Bonchev–Trinajstić information content (AvgIpc) is 2.74. The number of carbonyl (C=O) groups is 1. The highest BCUT2D eigenvalue weighted by atomic mass is 16.5. The molecule has 2 aromatic rings. The molecule has 1 heterocycles. The second kappa shape index (κ2) is 9.39. The predicted octanol–water partition coefficient (Wildman–Crippen LogP) is 2.51. The molecular formula is C21H26N2O4. The molecule has 0 bridgehead atoms. The van der Waals surface area contributed by atoms with Crippen LogP contribution in [-0.4, -0.2) is 57.8 Å². The molecule has 0 aliphatic carbocycles. The van der Waals surface area contributed by atoms with Crippen molar-refractivity contribution in [2.45, 2.75) is 6.10 Å². The highest BCUT2D eigenvalue weighted by molar-refractivity contribution is 5.95. The van der Waals surface area contributed by atoms with Crippen molar-refractivity contribution in [2.24, 2.45) is 0 Å². The Labute approximate surface area is 160 Å². The number of amides is 1. The van der Waals surface area contributed by atoms with Crippen molar-refractivity contribution in [1.82, 2.24) is 10.2 Å². The van der Waals surface area contributed by atoms with E-state index in [1.807, 2.05) is 18.2 Å². The Balaban J connectivity index is 1.51. The average molecular weight is 370 g/mol. The fourth-order valence-corrected chi connectivity index (χ4v) is 3.14. The lowest BCUT2D eigenvalue weighted by molar-refractivity contribution is -0.0293. The summed E-state index contributed by atoms with van der Waals surface area (Å²) in [5.41, 5.74) is 1.71. The second-order valence-electron chi connectivity index (χ2n) is 6.43. The molecule has 27 heavy (non-hydrogen) atoms. The Kier molecular flexibility index (Phi) is 6.68. The predicted molar refractivity (Wildman–Crippen MR) is 103 cm³/mol. The summed E-state index contributed by atoms with van der Waals surface area (Å²) in [5, 5.41) is 2.97. The third kappa shape index (κ3) is 5.21. The monoisotopic (exact) mass is 370 g/mol. The van der Waals surface area contributed by atoms with Crippen LogP contribution in [0.25, 0.3) is 0 Å². The molecule has 6 heteroatoms. The molecule has 144 valence electrons. The summed E-state index contributed by atoms with van der Waals surface area (Å²) in [6.45, 7) is 3.74. The van der Waals surface area contributed by atoms with Gasteiger partial charge in [0.2, 0.25) is 0 Å². The van der Waals surface area contributed by atoms with Gasteiger partial charge in [-0.2, -0.15) is 0 Å². The molecule has 0 radical (unpaired) electrons. The van der Waals surface area contributed by atoms with Crippen LogP contribution in [0.15, 0.2) is 48.5 Å². The fraction of sp³-hybridized carbons (Fsp3) is 0.381. The van der Waals surface area contributed by atoms with Crippen LogP contribution in [0.4, 0.5) is 0 Å². The van der Waals surface area contributed by atoms with Gasteiger partial charge in [0.25, 0.3) is 5.91 Å². The summed E-state index contributed by atoms with van der Waals surface area (Å²) in [4.78, 5) is 14.8. The lowest BCUT2D eigenvalue weighted by Crippen LogP contribution is -2.42. The summed E-state index contributed by atoms with van der Waals surface area (Å²) in [6, 6.07) is 15.4. The van der Waals surface area contributed by atoms with E-state index < -0.39 is 0 Å². The van der Waals surface area contributed by atoms with Crippen molar-refractivity contribution >= 4 is 5.91 Å². The zero-order chi connectivity index (χ0) is 19.1. The van der Waals surface area contributed by atoms with E-state index in [1.54, 1.807) is 32.4 Å². The number of carbonyl (C=O) groups excluding carboxylic acids is 1. The molecule has 0 aromatic heterocycles. The van der Waals surface area contributed by atoms with Gasteiger partial charge in [-0.05, 0) is 17.7 Å². The molecule has 6 nitrogen and oxygen atoms in total. The molecule has 1 aliphatic heterocycles. The second-order valence-corrected chi connectivity index (χ2v) is 6.43. The smallest absolute Gasteiger partial charge is 0.251 e. The minimum absolute atomic E-state index is 0.0818. The number of methoxy groups -OCH3 is 2. The molecule has 1 amide bonds. The third-order valence-electron chi connectivity index (χ3n) is 4.65. The van der Waals surface area contributed by atoms with Gasteiger partial charge in [-0.1, -0.05) is 30.3 Å². The fourth-order valence-electron chi connectivity index (χ4n) is 3.14. The van der Waals surface area contributed by atoms with E-state index in [9.17, 15) is 4.79 Å². The van der Waals surface area contributed by atoms with Gasteiger partial charge in [-0.15, -0.1) is 0 Å². The summed E-state index contributed by atoms with van der Waals surface area (Å²) >= 11 is 0. The number of benzene rings is 2. The molecule has 2 aromatic carbocycles. The van der Waals surface area contributed by atoms with E-state index in [2.05, 4.69) is 22.3 Å². The Morgan fingerprint density at radius 2 is 1.85 bits per heavy atom. The molecule has 1 atom stereocenters. The Bertz CT molecular complexity index is 729. The SMILES string of the molecule is COc1cc(OC)cc(C(=O)NCCN2CCO[C@H](c3ccccc3)C2)c1. The first-order valence-electron chi connectivity index (χ1n) is 9.10. The van der Waals surface area contributed by atoms with E-state index in [0.717, 1.165) is 19.6 Å². The van der Waals surface area contributed by atoms with Crippen molar-refractivity contribution < 1.29 is 19.0 Å². The van der Waals surface area contributed by atoms with Crippen LogP contribution < -0.4 is 14.8 Å². The van der Waals surface area contributed by atoms with E-state index in [4.69, 9.17) is 14.2 Å². The van der Waals surface area contributed by atoms with Crippen molar-refractivity contribution in [1.29, 1.82) is 0 Å². The molecule has 0 unspecified atom stereocenters. The topological polar surface area (TPSA) is 60.0 Å². The summed E-state index contributed by atoms with van der Waals surface area (Å²) < 4.78 is 16.3. The highest BCUT2D eigenvalue weighted by Crippen LogP contribution is 2.23. The molecule has 1 fully saturated rings. The molecule has 0 spiro atoms. The van der Waals surface area contributed by atoms with Crippen LogP contribution in [-0.2, 0) is 4.74 Å². The van der Waals surface area contributed by atoms with Crippen molar-refractivity contribution in [2.75, 3.05) is 47.0 Å². The number of rotatable bonds is 7. The van der Waals surface area contributed by atoms with Gasteiger partial charge in [0.1, 0.15) is 11.5 Å². The first-order valence-corrected chi connectivity index (χ1v) is 9.10. The Morgan fingerprint density at radius 1 is 1.15 bits per heavy atom. The maximum absolute atomic E-state index is 12.4. The van der Waals surface area contributed by atoms with Crippen LogP contribution in [0.2, 0.25) is 0 Å². The lowest BCUT2D eigenvalue weighted by Gasteiger charge is -2.33. The quantitative estimate of drug-likeness (QED) is 0.812. The van der Waals surface area contributed by atoms with Crippen molar-refractivity contribution in [3.63, 3.8) is 0 Å². The summed E-state index contributed by atoms with van der Waals surface area (Å²) in [7, 11) is 3.13. The van der Waals surface area contributed by atoms with Crippen molar-refractivity contribution in [3.8, 4) is 11.5 Å². The molecule has 1 saturated heterocycles. The Morgan fingerprint density at radius 3 is 2.52 bits per heavy atom. The van der Waals surface area contributed by atoms with Gasteiger partial charge in [-0.3, -0.25) is 9.69 Å². The van der Waals surface area contributed by atoms with Crippen LogP contribution in [0.3, 0.4) is 0 Å². The van der Waals surface area contributed by atoms with E-state index in [-0.39, 0.29) is 12.0 Å². The van der Waals surface area contributed by atoms with E-state index >= 15 is 0 Å².